The second-order valence-electron chi connectivity index (χ2n) is 6.73. The highest BCUT2D eigenvalue weighted by Gasteiger charge is 2.42. The van der Waals surface area contributed by atoms with Crippen LogP contribution in [0.3, 0.4) is 0 Å². The standard InChI is InChI=1S/C20H21N5O3.ClH/c26-18(15-5-12-28-14-15)23-16-3-1-4-17(13-16)24-19(27)20(6-9-21-10-7-20)25-11-2-8-22-25;/h1-5,8,11-14,21H,6-7,9-10H2,(H,23,26)(H,24,27);1H. The van der Waals surface area contributed by atoms with E-state index in [0.717, 1.165) is 13.1 Å². The van der Waals surface area contributed by atoms with Gasteiger partial charge in [-0.2, -0.15) is 5.10 Å². The Morgan fingerprint density at radius 1 is 1.10 bits per heavy atom. The number of carbonyl (C=O) groups is 2. The average molecular weight is 416 g/mol. The third-order valence-electron chi connectivity index (χ3n) is 4.96. The summed E-state index contributed by atoms with van der Waals surface area (Å²) in [6.07, 6.45) is 7.63. The van der Waals surface area contributed by atoms with Crippen LogP contribution in [0.1, 0.15) is 23.2 Å². The van der Waals surface area contributed by atoms with E-state index >= 15 is 0 Å². The Morgan fingerprint density at radius 2 is 1.86 bits per heavy atom. The number of benzene rings is 1. The van der Waals surface area contributed by atoms with E-state index in [1.54, 1.807) is 41.2 Å². The third-order valence-corrected chi connectivity index (χ3v) is 4.96. The summed E-state index contributed by atoms with van der Waals surface area (Å²) >= 11 is 0. The lowest BCUT2D eigenvalue weighted by Gasteiger charge is -2.36. The molecule has 0 bridgehead atoms. The minimum absolute atomic E-state index is 0. The molecule has 3 aromatic rings. The molecule has 0 unspecified atom stereocenters. The van der Waals surface area contributed by atoms with Crippen molar-refractivity contribution >= 4 is 35.6 Å². The number of piperidine rings is 1. The van der Waals surface area contributed by atoms with E-state index in [4.69, 9.17) is 4.42 Å². The number of aromatic nitrogens is 2. The first-order valence-electron chi connectivity index (χ1n) is 9.13. The number of nitrogens with one attached hydrogen (secondary N) is 3. The number of halogens is 1. The molecule has 0 radical (unpaired) electrons. The minimum Gasteiger partial charge on any atom is -0.472 e. The van der Waals surface area contributed by atoms with E-state index in [9.17, 15) is 9.59 Å². The lowest BCUT2D eigenvalue weighted by molar-refractivity contribution is -0.126. The van der Waals surface area contributed by atoms with Crippen molar-refractivity contribution in [2.24, 2.45) is 0 Å². The number of carbonyl (C=O) groups excluding carboxylic acids is 2. The molecule has 1 aromatic carbocycles. The molecule has 1 aliphatic heterocycles. The molecule has 9 heteroatoms. The van der Waals surface area contributed by atoms with Crippen molar-refractivity contribution in [3.8, 4) is 0 Å². The Bertz CT molecular complexity index is 950. The van der Waals surface area contributed by atoms with Gasteiger partial charge in [-0.1, -0.05) is 6.07 Å². The lowest BCUT2D eigenvalue weighted by Crippen LogP contribution is -2.52. The second kappa shape index (κ2) is 8.93. The zero-order valence-electron chi connectivity index (χ0n) is 15.6. The van der Waals surface area contributed by atoms with E-state index in [1.807, 2.05) is 12.3 Å². The Kier molecular flexibility index (Phi) is 6.36. The molecule has 0 spiro atoms. The molecule has 4 rings (SSSR count). The molecule has 3 heterocycles. The van der Waals surface area contributed by atoms with Crippen LogP contribution < -0.4 is 16.0 Å². The van der Waals surface area contributed by atoms with Gasteiger partial charge in [0.05, 0.1) is 11.8 Å². The minimum atomic E-state index is -0.731. The lowest BCUT2D eigenvalue weighted by atomic mass is 9.87. The second-order valence-corrected chi connectivity index (χ2v) is 6.73. The summed E-state index contributed by atoms with van der Waals surface area (Å²) in [5, 5.41) is 13.4. The Morgan fingerprint density at radius 3 is 2.52 bits per heavy atom. The zero-order chi connectivity index (χ0) is 19.4. The van der Waals surface area contributed by atoms with Gasteiger partial charge in [-0.15, -0.1) is 12.4 Å². The van der Waals surface area contributed by atoms with Crippen LogP contribution in [0, 0.1) is 0 Å². The van der Waals surface area contributed by atoms with Gasteiger partial charge in [0.15, 0.2) is 0 Å². The summed E-state index contributed by atoms with van der Waals surface area (Å²) in [5.41, 5.74) is 0.898. The average Bonchev–Trinajstić information content (AvgIpc) is 3.43. The number of nitrogens with zero attached hydrogens (tertiary/aromatic N) is 2. The van der Waals surface area contributed by atoms with Crippen LogP contribution in [0.2, 0.25) is 0 Å². The van der Waals surface area contributed by atoms with Gasteiger partial charge in [0.2, 0.25) is 0 Å². The fraction of sp³-hybridized carbons (Fsp3) is 0.250. The summed E-state index contributed by atoms with van der Waals surface area (Å²) in [4.78, 5) is 25.4. The molecule has 1 saturated heterocycles. The van der Waals surface area contributed by atoms with Crippen LogP contribution in [0.25, 0.3) is 0 Å². The molecule has 0 atom stereocenters. The molecule has 8 nitrogen and oxygen atoms in total. The normalized spacial score (nSPS) is 15.2. The summed E-state index contributed by atoms with van der Waals surface area (Å²) in [5.74, 6) is -0.389. The summed E-state index contributed by atoms with van der Waals surface area (Å²) in [6.45, 7) is 1.49. The topological polar surface area (TPSA) is 101 Å². The Balaban J connectivity index is 0.00000240. The Labute approximate surface area is 174 Å². The number of amides is 2. The maximum Gasteiger partial charge on any atom is 0.258 e. The van der Waals surface area contributed by atoms with E-state index in [2.05, 4.69) is 21.0 Å². The van der Waals surface area contributed by atoms with Gasteiger partial charge in [-0.25, -0.2) is 0 Å². The van der Waals surface area contributed by atoms with Crippen LogP contribution in [0.5, 0.6) is 0 Å². The quantitative estimate of drug-likeness (QED) is 0.594. The highest BCUT2D eigenvalue weighted by Crippen LogP contribution is 2.29. The van der Waals surface area contributed by atoms with E-state index in [-0.39, 0.29) is 24.2 Å². The van der Waals surface area contributed by atoms with Crippen molar-refractivity contribution in [1.29, 1.82) is 0 Å². The van der Waals surface area contributed by atoms with Gasteiger partial charge >= 0.3 is 0 Å². The monoisotopic (exact) mass is 415 g/mol. The SMILES string of the molecule is Cl.O=C(Nc1cccc(NC(=O)C2(n3cccn3)CCNCC2)c1)c1ccoc1. The molecule has 1 fully saturated rings. The van der Waals surface area contributed by atoms with Crippen LogP contribution in [0.4, 0.5) is 11.4 Å². The molecule has 29 heavy (non-hydrogen) atoms. The van der Waals surface area contributed by atoms with Crippen molar-refractivity contribution in [2.45, 2.75) is 18.4 Å². The molecule has 152 valence electrons. The van der Waals surface area contributed by atoms with Gasteiger partial charge in [-0.05, 0) is 56.3 Å². The number of anilines is 2. The zero-order valence-corrected chi connectivity index (χ0v) is 16.4. The number of furan rings is 1. The fourth-order valence-electron chi connectivity index (χ4n) is 3.44. The largest absolute Gasteiger partial charge is 0.472 e. The number of rotatable bonds is 5. The molecule has 2 amide bonds. The highest BCUT2D eigenvalue weighted by molar-refractivity contribution is 6.04. The molecule has 2 aromatic heterocycles. The summed E-state index contributed by atoms with van der Waals surface area (Å²) in [7, 11) is 0. The predicted octanol–water partition coefficient (Wildman–Crippen LogP) is 2.87. The Hall–Kier alpha value is -3.10. The van der Waals surface area contributed by atoms with Gasteiger partial charge in [0.25, 0.3) is 11.8 Å². The van der Waals surface area contributed by atoms with E-state index in [0.29, 0.717) is 29.8 Å². The molecule has 0 aliphatic carbocycles. The molecule has 1 aliphatic rings. The van der Waals surface area contributed by atoms with Crippen molar-refractivity contribution in [1.82, 2.24) is 15.1 Å². The van der Waals surface area contributed by atoms with Crippen molar-refractivity contribution in [3.63, 3.8) is 0 Å². The third kappa shape index (κ3) is 4.33. The van der Waals surface area contributed by atoms with Gasteiger partial charge < -0.3 is 20.4 Å². The predicted molar refractivity (Wildman–Crippen MR) is 111 cm³/mol. The fourth-order valence-corrected chi connectivity index (χ4v) is 3.44. The number of hydrogen-bond acceptors (Lipinski definition) is 5. The van der Waals surface area contributed by atoms with Crippen LogP contribution in [-0.2, 0) is 10.3 Å². The smallest absolute Gasteiger partial charge is 0.258 e. The summed E-state index contributed by atoms with van der Waals surface area (Å²) < 4.78 is 6.68. The van der Waals surface area contributed by atoms with E-state index < -0.39 is 5.54 Å². The highest BCUT2D eigenvalue weighted by atomic mass is 35.5. The van der Waals surface area contributed by atoms with E-state index in [1.165, 1.54) is 12.5 Å². The van der Waals surface area contributed by atoms with Crippen molar-refractivity contribution < 1.29 is 14.0 Å². The number of hydrogen-bond donors (Lipinski definition) is 3. The molecular formula is C20H22ClN5O3. The van der Waals surface area contributed by atoms with Crippen LogP contribution in [0.15, 0.2) is 65.7 Å². The van der Waals surface area contributed by atoms with Gasteiger partial charge in [-0.3, -0.25) is 14.3 Å². The van der Waals surface area contributed by atoms with Gasteiger partial charge in [0.1, 0.15) is 11.8 Å². The maximum absolute atomic E-state index is 13.2. The summed E-state index contributed by atoms with van der Waals surface area (Å²) in [6, 6.07) is 10.5. The van der Waals surface area contributed by atoms with Crippen LogP contribution in [-0.4, -0.2) is 34.7 Å². The maximum atomic E-state index is 13.2. The molecular weight excluding hydrogens is 394 g/mol. The molecule has 0 saturated carbocycles. The van der Waals surface area contributed by atoms with Crippen molar-refractivity contribution in [3.05, 3.63) is 66.9 Å². The molecule has 3 N–H and O–H groups in total. The van der Waals surface area contributed by atoms with Crippen LogP contribution >= 0.6 is 12.4 Å². The first-order chi connectivity index (χ1) is 13.7. The first kappa shape index (κ1) is 20.6. The first-order valence-corrected chi connectivity index (χ1v) is 9.13. The van der Waals surface area contributed by atoms with Gasteiger partial charge in [0, 0.05) is 23.8 Å². The van der Waals surface area contributed by atoms with Crippen molar-refractivity contribution in [2.75, 3.05) is 23.7 Å².